The molecule has 0 spiro atoms. The Labute approximate surface area is 239 Å². The summed E-state index contributed by atoms with van der Waals surface area (Å²) < 4.78 is 27.3. The predicted octanol–water partition coefficient (Wildman–Crippen LogP) is 5.69. The number of thiazole rings is 1. The molecule has 0 bridgehead atoms. The number of fused-ring (bicyclic) bond motifs is 1. The smallest absolute Gasteiger partial charge is 0.224 e. The lowest BCUT2D eigenvalue weighted by Gasteiger charge is -2.31. The number of nitrogens with two attached hydrogens (primary N) is 1. The van der Waals surface area contributed by atoms with Crippen molar-refractivity contribution in [1.82, 2.24) is 19.9 Å². The summed E-state index contributed by atoms with van der Waals surface area (Å²) in [4.78, 5) is 19.1. The van der Waals surface area contributed by atoms with Gasteiger partial charge < -0.3 is 16.4 Å². The summed E-state index contributed by atoms with van der Waals surface area (Å²) in [6.07, 6.45) is 6.55. The van der Waals surface area contributed by atoms with Crippen LogP contribution >= 0.6 is 11.3 Å². The van der Waals surface area contributed by atoms with Crippen molar-refractivity contribution in [2.45, 2.75) is 68.6 Å². The number of anilines is 3. The molecule has 2 atom stereocenters. The summed E-state index contributed by atoms with van der Waals surface area (Å²) in [7, 11) is -3.50. The minimum Gasteiger partial charge on any atom is -0.382 e. The highest BCUT2D eigenvalue weighted by molar-refractivity contribution is 7.92. The molecule has 6 rings (SSSR count). The number of nitrogens with one attached hydrogen (secondary N) is 2. The molecule has 2 aliphatic rings. The second-order valence-electron chi connectivity index (χ2n) is 11.5. The van der Waals surface area contributed by atoms with E-state index in [1.165, 1.54) is 24.2 Å². The highest BCUT2D eigenvalue weighted by Crippen LogP contribution is 2.44. The van der Waals surface area contributed by atoms with Gasteiger partial charge in [0.05, 0.1) is 25.6 Å². The Kier molecular flexibility index (Phi) is 6.90. The molecule has 4 N–H and O–H groups in total. The van der Waals surface area contributed by atoms with Crippen molar-refractivity contribution in [3.8, 4) is 10.6 Å². The zero-order valence-electron chi connectivity index (χ0n) is 23.0. The van der Waals surface area contributed by atoms with Crippen molar-refractivity contribution in [2.24, 2.45) is 11.8 Å². The first-order valence-corrected chi connectivity index (χ1v) is 16.1. The molecular weight excluding hydrogens is 543 g/mol. The van der Waals surface area contributed by atoms with E-state index in [-0.39, 0.29) is 12.0 Å². The third kappa shape index (κ3) is 5.01. The predicted molar refractivity (Wildman–Crippen MR) is 161 cm³/mol. The summed E-state index contributed by atoms with van der Waals surface area (Å²) >= 11 is 1.54. The number of hydrogen-bond acceptors (Lipinski definition) is 10. The van der Waals surface area contributed by atoms with E-state index in [9.17, 15) is 8.42 Å². The number of nitrogens with zero attached hydrogens (tertiary/aromatic N) is 4. The Morgan fingerprint density at radius 2 is 1.82 bits per heavy atom. The number of aryl methyl sites for hydroxylation is 1. The van der Waals surface area contributed by atoms with E-state index < -0.39 is 14.6 Å². The van der Waals surface area contributed by atoms with Crippen molar-refractivity contribution >= 4 is 49.0 Å². The SMILES string of the molecule is Cc1nc(NCC2CC2)nc(NC2CCC(C(C)(C)S(=O)(=O)c3ccccc3)C2)c1-c1nc2c(N)nccc2s1. The first kappa shape index (κ1) is 26.9. The van der Waals surface area contributed by atoms with Crippen LogP contribution in [0.3, 0.4) is 0 Å². The fourth-order valence-corrected chi connectivity index (χ4v) is 8.46. The van der Waals surface area contributed by atoms with Crippen molar-refractivity contribution in [3.05, 3.63) is 48.3 Å². The molecule has 0 amide bonds. The lowest BCUT2D eigenvalue weighted by molar-refractivity contribution is 0.402. The molecule has 0 aliphatic heterocycles. The molecule has 210 valence electrons. The monoisotopic (exact) mass is 577 g/mol. The molecule has 2 saturated carbocycles. The Morgan fingerprint density at radius 1 is 1.05 bits per heavy atom. The number of nitrogen functional groups attached to an aromatic ring is 1. The van der Waals surface area contributed by atoms with Crippen molar-refractivity contribution < 1.29 is 8.42 Å². The van der Waals surface area contributed by atoms with Gasteiger partial charge in [-0.1, -0.05) is 18.2 Å². The van der Waals surface area contributed by atoms with Crippen molar-refractivity contribution in [2.75, 3.05) is 22.9 Å². The number of aromatic nitrogens is 4. The topological polar surface area (TPSA) is 136 Å². The molecule has 2 unspecified atom stereocenters. The molecule has 40 heavy (non-hydrogen) atoms. The zero-order chi connectivity index (χ0) is 28.1. The quantitative estimate of drug-likeness (QED) is 0.229. The second kappa shape index (κ2) is 10.3. The number of rotatable bonds is 9. The summed E-state index contributed by atoms with van der Waals surface area (Å²) in [5.74, 6) is 2.40. The maximum atomic E-state index is 13.6. The van der Waals surface area contributed by atoms with Crippen LogP contribution in [0.5, 0.6) is 0 Å². The van der Waals surface area contributed by atoms with Crippen LogP contribution in [0.1, 0.15) is 51.6 Å². The molecule has 0 radical (unpaired) electrons. The van der Waals surface area contributed by atoms with Gasteiger partial charge in [-0.2, -0.15) is 4.98 Å². The first-order chi connectivity index (χ1) is 19.1. The molecule has 0 saturated heterocycles. The Bertz CT molecular complexity index is 1650. The average molecular weight is 578 g/mol. The van der Waals surface area contributed by atoms with Crippen LogP contribution in [0.2, 0.25) is 0 Å². The van der Waals surface area contributed by atoms with E-state index in [1.54, 1.807) is 30.5 Å². The van der Waals surface area contributed by atoms with Gasteiger partial charge in [-0.15, -0.1) is 11.3 Å². The molecule has 1 aromatic carbocycles. The van der Waals surface area contributed by atoms with Crippen molar-refractivity contribution in [3.63, 3.8) is 0 Å². The molecule has 3 heterocycles. The minimum atomic E-state index is -3.50. The molecule has 9 nitrogen and oxygen atoms in total. The van der Waals surface area contributed by atoms with Crippen LogP contribution in [-0.4, -0.2) is 45.7 Å². The van der Waals surface area contributed by atoms with Crippen LogP contribution in [0.25, 0.3) is 20.8 Å². The summed E-state index contributed by atoms with van der Waals surface area (Å²) in [6.45, 7) is 6.56. The van der Waals surface area contributed by atoms with E-state index in [4.69, 9.17) is 20.7 Å². The molecule has 3 aromatic heterocycles. The number of pyridine rings is 1. The fraction of sp³-hybridized carbons (Fsp3) is 0.448. The lowest BCUT2D eigenvalue weighted by atomic mass is 9.93. The van der Waals surface area contributed by atoms with Crippen LogP contribution in [0.15, 0.2) is 47.5 Å². The van der Waals surface area contributed by atoms with Crippen LogP contribution in [0, 0.1) is 18.8 Å². The number of sulfone groups is 1. The van der Waals surface area contributed by atoms with Crippen molar-refractivity contribution in [1.29, 1.82) is 0 Å². The molecule has 2 fully saturated rings. The lowest BCUT2D eigenvalue weighted by Crippen LogP contribution is -2.39. The van der Waals surface area contributed by atoms with Gasteiger partial charge in [0.15, 0.2) is 15.7 Å². The van der Waals surface area contributed by atoms with Gasteiger partial charge in [-0.05, 0) is 82.9 Å². The Morgan fingerprint density at radius 3 is 2.55 bits per heavy atom. The minimum absolute atomic E-state index is 0.00220. The summed E-state index contributed by atoms with van der Waals surface area (Å²) in [5.41, 5.74) is 8.46. The van der Waals surface area contributed by atoms with Gasteiger partial charge in [0.2, 0.25) is 5.95 Å². The number of hydrogen-bond donors (Lipinski definition) is 3. The van der Waals surface area contributed by atoms with E-state index in [0.717, 1.165) is 46.8 Å². The van der Waals surface area contributed by atoms with Crippen LogP contribution in [-0.2, 0) is 9.84 Å². The van der Waals surface area contributed by atoms with Crippen LogP contribution in [0.4, 0.5) is 17.6 Å². The standard InChI is InChI=1S/C29H35N7O2S2/c1-17-23(27-35-24-22(39-27)13-14-31-25(24)30)26(36-28(33-17)32-16-18-9-10-18)34-20-12-11-19(15-20)29(2,3)40(37,38)21-7-5-4-6-8-21/h4-8,13-14,18-20H,9-12,15-16H2,1-3H3,(H2,30,31)(H2,32,33,34,36). The summed E-state index contributed by atoms with van der Waals surface area (Å²) in [6, 6.07) is 10.8. The molecule has 2 aliphatic carbocycles. The Balaban J connectivity index is 1.30. The second-order valence-corrected chi connectivity index (χ2v) is 15.1. The van der Waals surface area contributed by atoms with Gasteiger partial charge in [-0.25, -0.2) is 23.4 Å². The third-order valence-electron chi connectivity index (χ3n) is 8.39. The fourth-order valence-electron chi connectivity index (χ4n) is 5.61. The maximum absolute atomic E-state index is 13.6. The van der Waals surface area contributed by atoms with E-state index in [0.29, 0.717) is 33.9 Å². The van der Waals surface area contributed by atoms with E-state index >= 15 is 0 Å². The molecule has 11 heteroatoms. The third-order valence-corrected chi connectivity index (χ3v) is 12.0. The van der Waals surface area contributed by atoms with Gasteiger partial charge in [0, 0.05) is 18.8 Å². The van der Waals surface area contributed by atoms with Gasteiger partial charge in [0.25, 0.3) is 0 Å². The average Bonchev–Trinajstić information content (AvgIpc) is 3.46. The van der Waals surface area contributed by atoms with Gasteiger partial charge >= 0.3 is 0 Å². The van der Waals surface area contributed by atoms with Gasteiger partial charge in [0.1, 0.15) is 16.3 Å². The molecule has 4 aromatic rings. The highest BCUT2D eigenvalue weighted by Gasteiger charge is 2.46. The number of benzene rings is 1. The first-order valence-electron chi connectivity index (χ1n) is 13.8. The summed E-state index contributed by atoms with van der Waals surface area (Å²) in [5, 5.41) is 7.87. The largest absolute Gasteiger partial charge is 0.382 e. The Hall–Kier alpha value is -3.31. The highest BCUT2D eigenvalue weighted by atomic mass is 32.2. The normalized spacial score (nSPS) is 19.7. The van der Waals surface area contributed by atoms with Gasteiger partial charge in [-0.3, -0.25) is 0 Å². The van der Waals surface area contributed by atoms with Crippen LogP contribution < -0.4 is 16.4 Å². The maximum Gasteiger partial charge on any atom is 0.224 e. The van der Waals surface area contributed by atoms with E-state index in [2.05, 4.69) is 15.6 Å². The van der Waals surface area contributed by atoms with E-state index in [1.807, 2.05) is 32.9 Å². The zero-order valence-corrected chi connectivity index (χ0v) is 24.6. The molecular formula is C29H35N7O2S2.